The first-order chi connectivity index (χ1) is 18.3. The van der Waals surface area contributed by atoms with Gasteiger partial charge in [-0.25, -0.2) is 0 Å². The van der Waals surface area contributed by atoms with Crippen LogP contribution in [-0.4, -0.2) is 61.1 Å². The van der Waals surface area contributed by atoms with E-state index in [0.717, 1.165) is 12.8 Å². The zero-order chi connectivity index (χ0) is 29.8. The topological polar surface area (TPSA) is 45.7 Å². The summed E-state index contributed by atoms with van der Waals surface area (Å²) < 4.78 is 36.3. The van der Waals surface area contributed by atoms with Crippen LogP contribution in [0.2, 0.25) is 0 Å². The monoisotopic (exact) mass is 668 g/mol. The van der Waals surface area contributed by atoms with Crippen molar-refractivity contribution in [2.75, 3.05) is 0 Å². The van der Waals surface area contributed by atoms with Crippen LogP contribution >= 0.6 is 0 Å². The van der Waals surface area contributed by atoms with Crippen LogP contribution in [0.3, 0.4) is 0 Å². The van der Waals surface area contributed by atoms with E-state index in [1.165, 1.54) is 48.0 Å². The second kappa shape index (κ2) is 9.73. The van der Waals surface area contributed by atoms with Gasteiger partial charge >= 0.3 is 254 Å². The zero-order valence-electron chi connectivity index (χ0n) is 27.6. The predicted octanol–water partition coefficient (Wildman–Crippen LogP) is 3.95. The van der Waals surface area contributed by atoms with E-state index in [2.05, 4.69) is 106 Å². The summed E-state index contributed by atoms with van der Waals surface area (Å²) in [6.07, 6.45) is 4.60. The van der Waals surface area contributed by atoms with Crippen LogP contribution < -0.4 is 17.2 Å². The van der Waals surface area contributed by atoms with Gasteiger partial charge < -0.3 is 0 Å². The first-order valence-electron chi connectivity index (χ1n) is 15.5. The Balaban J connectivity index is 1.84. The molecule has 0 aromatic carbocycles. The van der Waals surface area contributed by atoms with E-state index in [9.17, 15) is 0 Å². The third kappa shape index (κ3) is 4.39. The van der Waals surface area contributed by atoms with Gasteiger partial charge in [0.25, 0.3) is 0 Å². The van der Waals surface area contributed by atoms with E-state index in [-0.39, 0.29) is 30.4 Å². The van der Waals surface area contributed by atoms with Crippen LogP contribution in [0, 0.1) is 13.8 Å². The molecule has 2 fully saturated rings. The van der Waals surface area contributed by atoms with E-state index in [1.54, 1.807) is 0 Å². The van der Waals surface area contributed by atoms with Crippen LogP contribution in [-0.2, 0) is 31.5 Å². The number of imidazole rings is 1. The summed E-state index contributed by atoms with van der Waals surface area (Å²) in [5.74, 6) is 0. The van der Waals surface area contributed by atoms with E-state index in [4.69, 9.17) is 18.6 Å². The maximum atomic E-state index is 7.48. The molecule has 1 aliphatic carbocycles. The standard InChI is InChI=1S/C31H52B2N2O4Te/c1-19(2)34-21(5)22(6)35(20(3)4)27(34)33(38-30(11,12)31(13,14)39-33)26-24-18-16-15-17-23(24)25(40-26)32-36-28(7,8)29(9,10)37-32/h19-20H,15-18H2,1-14H3. The molecule has 0 atom stereocenters. The van der Waals surface area contributed by atoms with Crippen molar-refractivity contribution in [1.82, 2.24) is 4.57 Å². The molecule has 2 aromatic heterocycles. The summed E-state index contributed by atoms with van der Waals surface area (Å²) in [5, 5.41) is 0. The molecule has 6 nitrogen and oxygen atoms in total. The first kappa shape index (κ1) is 30.9. The minimum absolute atomic E-state index is 0.278. The molecule has 3 aliphatic rings. The van der Waals surface area contributed by atoms with Crippen molar-refractivity contribution in [3.63, 3.8) is 0 Å². The Labute approximate surface area is 253 Å². The van der Waals surface area contributed by atoms with Gasteiger partial charge in [-0.2, -0.15) is 0 Å². The number of hydrogen-bond acceptors (Lipinski definition) is 4. The number of fused-ring (bicyclic) bond motifs is 1. The van der Waals surface area contributed by atoms with Gasteiger partial charge in [-0.3, -0.25) is 0 Å². The Kier molecular flexibility index (Phi) is 7.51. The number of rotatable bonds is 5. The third-order valence-electron chi connectivity index (χ3n) is 10.6. The molecule has 222 valence electrons. The minimum atomic E-state index is -1.94. The molecule has 0 spiro atoms. The van der Waals surface area contributed by atoms with Gasteiger partial charge in [-0.15, -0.1) is 0 Å². The fourth-order valence-electron chi connectivity index (χ4n) is 7.08. The molecule has 0 amide bonds. The van der Waals surface area contributed by atoms with Crippen LogP contribution in [0.15, 0.2) is 0 Å². The summed E-state index contributed by atoms with van der Waals surface area (Å²) in [6.45, 7) is 29.2. The Bertz CT molecular complexity index is 1260. The molecule has 40 heavy (non-hydrogen) atoms. The second-order valence-corrected chi connectivity index (χ2v) is 18.1. The number of aromatic nitrogens is 2. The van der Waals surface area contributed by atoms with Gasteiger partial charge in [-0.1, -0.05) is 0 Å². The molecular formula is C31H52B2N2O4Te. The van der Waals surface area contributed by atoms with Crippen molar-refractivity contribution in [2.24, 2.45) is 0 Å². The van der Waals surface area contributed by atoms with Crippen molar-refractivity contribution in [1.29, 1.82) is 0 Å². The third-order valence-corrected chi connectivity index (χ3v) is 14.7. The second-order valence-electron chi connectivity index (χ2n) is 15.0. The fourth-order valence-corrected chi connectivity index (χ4v) is 11.3. The summed E-state index contributed by atoms with van der Waals surface area (Å²) in [5.41, 5.74) is 5.14. The summed E-state index contributed by atoms with van der Waals surface area (Å²) in [7, 11) is -0.291. The summed E-state index contributed by atoms with van der Waals surface area (Å²) in [6, 6.07) is 0.556. The average Bonchev–Trinajstić information content (AvgIpc) is 3.45. The average molecular weight is 666 g/mol. The molecule has 9 heteroatoms. The molecule has 2 aliphatic heterocycles. The molecule has 4 heterocycles. The maximum absolute atomic E-state index is 7.48. The van der Waals surface area contributed by atoms with Crippen molar-refractivity contribution in [3.05, 3.63) is 22.5 Å². The molecule has 0 N–H and O–H groups in total. The van der Waals surface area contributed by atoms with Crippen LogP contribution in [0.1, 0.15) is 131 Å². The summed E-state index contributed by atoms with van der Waals surface area (Å²) in [4.78, 5) is 0. The Morgan fingerprint density at radius 1 is 0.800 bits per heavy atom. The quantitative estimate of drug-likeness (QED) is 0.359. The number of hydrogen-bond donors (Lipinski definition) is 0. The van der Waals surface area contributed by atoms with E-state index < -0.39 is 38.2 Å². The van der Waals surface area contributed by atoms with Gasteiger partial charge in [0, 0.05) is 0 Å². The Morgan fingerprint density at radius 3 is 1.77 bits per heavy atom. The van der Waals surface area contributed by atoms with E-state index in [0.29, 0.717) is 0 Å². The normalized spacial score (nSPS) is 24.4. The predicted molar refractivity (Wildman–Crippen MR) is 166 cm³/mol. The number of nitrogens with zero attached hydrogens (tertiary/aromatic N) is 2. The van der Waals surface area contributed by atoms with Crippen LogP contribution in [0.5, 0.6) is 0 Å². The van der Waals surface area contributed by atoms with Crippen molar-refractivity contribution < 1.29 is 23.2 Å². The van der Waals surface area contributed by atoms with Crippen molar-refractivity contribution >= 4 is 46.8 Å². The van der Waals surface area contributed by atoms with Gasteiger partial charge in [-0.05, 0) is 0 Å². The van der Waals surface area contributed by atoms with Gasteiger partial charge in [0.2, 0.25) is 0 Å². The van der Waals surface area contributed by atoms with Gasteiger partial charge in [0.1, 0.15) is 0 Å². The van der Waals surface area contributed by atoms with Gasteiger partial charge in [0.15, 0.2) is 0 Å². The first-order valence-corrected chi connectivity index (χ1v) is 17.8. The SMILES string of the molecule is Cc1c(C)[n+](C(C)C)c([B-]2(c3[te]c(B4OC(C)(C)C(C)(C)O4)c4c3CCCC4)OC(C)(C)C(C)(C)O2)n1C(C)C. The van der Waals surface area contributed by atoms with Crippen LogP contribution in [0.4, 0.5) is 0 Å². The Hall–Kier alpha value is -0.551. The molecule has 0 saturated carbocycles. The molecule has 2 saturated heterocycles. The van der Waals surface area contributed by atoms with Crippen molar-refractivity contribution in [2.45, 2.75) is 157 Å². The van der Waals surface area contributed by atoms with E-state index in [1.807, 2.05) is 0 Å². The van der Waals surface area contributed by atoms with Crippen LogP contribution in [0.25, 0.3) is 0 Å². The molecule has 0 radical (unpaired) electrons. The zero-order valence-corrected chi connectivity index (χ0v) is 29.9. The molecule has 0 bridgehead atoms. The molecule has 0 unspecified atom stereocenters. The molecule has 5 rings (SSSR count). The molecular weight excluding hydrogens is 614 g/mol. The van der Waals surface area contributed by atoms with E-state index >= 15 is 0 Å². The van der Waals surface area contributed by atoms with Gasteiger partial charge in [0.05, 0.1) is 0 Å². The Morgan fingerprint density at radius 2 is 1.30 bits per heavy atom. The fraction of sp³-hybridized carbons (Fsp3) is 0.774. The summed E-state index contributed by atoms with van der Waals surface area (Å²) >= 11 is -0.871. The molecule has 2 aromatic rings. The van der Waals surface area contributed by atoms with Crippen molar-refractivity contribution in [3.8, 4) is 0 Å².